The predicted octanol–water partition coefficient (Wildman–Crippen LogP) is 5.31. The topological polar surface area (TPSA) is 38.9 Å². The van der Waals surface area contributed by atoms with E-state index in [1.165, 1.54) is 51.4 Å². The third kappa shape index (κ3) is 8.57. The molecule has 116 valence electrons. The Morgan fingerprint density at radius 3 is 1.80 bits per heavy atom. The van der Waals surface area contributed by atoms with Crippen LogP contribution < -0.4 is 0 Å². The Morgan fingerprint density at radius 2 is 1.25 bits per heavy atom. The molecule has 0 spiro atoms. The highest BCUT2D eigenvalue weighted by Crippen LogP contribution is 2.12. The Balaban J connectivity index is 1.94. The first-order valence-corrected chi connectivity index (χ1v) is 8.77. The molecule has 0 fully saturated rings. The number of aryl methyl sites for hydroxylation is 2. The molecule has 3 nitrogen and oxygen atoms in total. The lowest BCUT2D eigenvalue weighted by atomic mass is 10.1. The second-order valence-corrected chi connectivity index (χ2v) is 5.84. The number of hydrogen-bond acceptors (Lipinski definition) is 3. The molecule has 4 heteroatoms. The summed E-state index contributed by atoms with van der Waals surface area (Å²) >= 11 is 5.64. The number of unbranched alkanes of at least 4 members (excludes halogenated alkanes) is 8. The van der Waals surface area contributed by atoms with Gasteiger partial charge in [-0.1, -0.05) is 58.3 Å². The minimum atomic E-state index is 0.649. The van der Waals surface area contributed by atoms with E-state index in [1.807, 2.05) is 0 Å². The number of halogens is 1. The molecule has 0 saturated heterocycles. The van der Waals surface area contributed by atoms with Crippen molar-refractivity contribution in [2.24, 2.45) is 0 Å². The van der Waals surface area contributed by atoms with Gasteiger partial charge in [0.25, 0.3) is 0 Å². The van der Waals surface area contributed by atoms with Crippen LogP contribution in [0.1, 0.15) is 82.9 Å². The number of hydrogen-bond donors (Lipinski definition) is 0. The molecule has 20 heavy (non-hydrogen) atoms. The third-order valence-corrected chi connectivity index (χ3v) is 3.79. The highest BCUT2D eigenvalue weighted by atomic mass is 35.5. The van der Waals surface area contributed by atoms with Gasteiger partial charge in [0.2, 0.25) is 11.8 Å². The normalized spacial score (nSPS) is 11.1. The summed E-state index contributed by atoms with van der Waals surface area (Å²) in [4.78, 5) is 0. The molecule has 0 amide bonds. The van der Waals surface area contributed by atoms with Gasteiger partial charge in [0.05, 0.1) is 0 Å². The maximum Gasteiger partial charge on any atom is 0.216 e. The molecule has 0 atom stereocenters. The number of aromatic nitrogens is 2. The van der Waals surface area contributed by atoms with Gasteiger partial charge < -0.3 is 4.42 Å². The first-order valence-electron chi connectivity index (χ1n) is 8.24. The Bertz CT molecular complexity index is 328. The molecular weight excluding hydrogens is 272 g/mol. The van der Waals surface area contributed by atoms with Crippen molar-refractivity contribution in [3.05, 3.63) is 11.8 Å². The van der Waals surface area contributed by atoms with Crippen molar-refractivity contribution in [3.63, 3.8) is 0 Å². The summed E-state index contributed by atoms with van der Waals surface area (Å²) in [5.74, 6) is 2.17. The van der Waals surface area contributed by atoms with Crippen molar-refractivity contribution in [2.75, 3.05) is 5.88 Å². The van der Waals surface area contributed by atoms with Gasteiger partial charge in [-0.25, -0.2) is 0 Å². The SMILES string of the molecule is CCCCCCCCCCCc1nnc(CCCCl)o1. The van der Waals surface area contributed by atoms with Crippen molar-refractivity contribution in [2.45, 2.75) is 84.0 Å². The summed E-state index contributed by atoms with van der Waals surface area (Å²) in [6.07, 6.45) is 14.7. The molecule has 1 rings (SSSR count). The highest BCUT2D eigenvalue weighted by molar-refractivity contribution is 6.17. The molecule has 0 saturated carbocycles. The molecule has 1 aromatic heterocycles. The summed E-state index contributed by atoms with van der Waals surface area (Å²) in [5, 5.41) is 8.11. The molecule has 0 unspecified atom stereocenters. The summed E-state index contributed by atoms with van der Waals surface area (Å²) < 4.78 is 5.58. The van der Waals surface area contributed by atoms with E-state index < -0.39 is 0 Å². The fourth-order valence-corrected chi connectivity index (χ4v) is 2.43. The van der Waals surface area contributed by atoms with E-state index >= 15 is 0 Å². The molecule has 0 radical (unpaired) electrons. The summed E-state index contributed by atoms with van der Waals surface area (Å²) in [5.41, 5.74) is 0. The van der Waals surface area contributed by atoms with Crippen LogP contribution in [0.4, 0.5) is 0 Å². The first kappa shape index (κ1) is 17.5. The second kappa shape index (κ2) is 12.2. The van der Waals surface area contributed by atoms with E-state index in [2.05, 4.69) is 17.1 Å². The number of alkyl halides is 1. The molecule has 1 aromatic rings. The van der Waals surface area contributed by atoms with Gasteiger partial charge in [-0.3, -0.25) is 0 Å². The zero-order valence-corrected chi connectivity index (χ0v) is 13.6. The van der Waals surface area contributed by atoms with Gasteiger partial charge in [0.15, 0.2) is 0 Å². The average molecular weight is 301 g/mol. The molecule has 1 heterocycles. The Labute approximate surface area is 128 Å². The quantitative estimate of drug-likeness (QED) is 0.366. The van der Waals surface area contributed by atoms with Crippen LogP contribution in [0.25, 0.3) is 0 Å². The Hall–Kier alpha value is -0.570. The van der Waals surface area contributed by atoms with Crippen LogP contribution in [-0.4, -0.2) is 16.1 Å². The third-order valence-electron chi connectivity index (χ3n) is 3.53. The van der Waals surface area contributed by atoms with Crippen molar-refractivity contribution in [1.82, 2.24) is 10.2 Å². The standard InChI is InChI=1S/C16H29ClN2O/c1-2-3-4-5-6-7-8-9-10-12-15-18-19-16(20-15)13-11-14-17/h2-14H2,1H3. The minimum absolute atomic E-state index is 0.649. The van der Waals surface area contributed by atoms with Crippen LogP contribution in [0.5, 0.6) is 0 Å². The van der Waals surface area contributed by atoms with Gasteiger partial charge >= 0.3 is 0 Å². The van der Waals surface area contributed by atoms with Gasteiger partial charge in [0.1, 0.15) is 0 Å². The van der Waals surface area contributed by atoms with E-state index in [0.717, 1.165) is 37.5 Å². The molecule has 0 aliphatic carbocycles. The van der Waals surface area contributed by atoms with E-state index in [-0.39, 0.29) is 0 Å². The zero-order valence-electron chi connectivity index (χ0n) is 12.9. The van der Waals surface area contributed by atoms with E-state index in [1.54, 1.807) is 0 Å². The maximum absolute atomic E-state index is 5.64. The lowest BCUT2D eigenvalue weighted by Gasteiger charge is -2.00. The smallest absolute Gasteiger partial charge is 0.216 e. The van der Waals surface area contributed by atoms with Crippen molar-refractivity contribution >= 4 is 11.6 Å². The van der Waals surface area contributed by atoms with E-state index in [0.29, 0.717) is 5.88 Å². The van der Waals surface area contributed by atoms with Crippen LogP contribution >= 0.6 is 11.6 Å². The van der Waals surface area contributed by atoms with Crippen LogP contribution in [0.2, 0.25) is 0 Å². The molecule has 0 aliphatic rings. The van der Waals surface area contributed by atoms with Crippen molar-refractivity contribution in [3.8, 4) is 0 Å². The van der Waals surface area contributed by atoms with Crippen LogP contribution in [0, 0.1) is 0 Å². The first-order chi connectivity index (χ1) is 9.86. The zero-order chi connectivity index (χ0) is 14.5. The van der Waals surface area contributed by atoms with Gasteiger partial charge in [-0.2, -0.15) is 0 Å². The second-order valence-electron chi connectivity index (χ2n) is 5.46. The van der Waals surface area contributed by atoms with Crippen LogP contribution in [-0.2, 0) is 12.8 Å². The summed E-state index contributed by atoms with van der Waals surface area (Å²) in [6, 6.07) is 0. The maximum atomic E-state index is 5.64. The molecule has 0 bridgehead atoms. The van der Waals surface area contributed by atoms with Crippen LogP contribution in [0.3, 0.4) is 0 Å². The fourth-order valence-electron chi connectivity index (χ4n) is 2.30. The van der Waals surface area contributed by atoms with Crippen molar-refractivity contribution < 1.29 is 4.42 Å². The summed E-state index contributed by atoms with van der Waals surface area (Å²) in [7, 11) is 0. The van der Waals surface area contributed by atoms with E-state index in [9.17, 15) is 0 Å². The highest BCUT2D eigenvalue weighted by Gasteiger charge is 2.05. The summed E-state index contributed by atoms with van der Waals surface area (Å²) in [6.45, 7) is 2.26. The minimum Gasteiger partial charge on any atom is -0.425 e. The predicted molar refractivity (Wildman–Crippen MR) is 84.3 cm³/mol. The molecule has 0 N–H and O–H groups in total. The number of nitrogens with zero attached hydrogens (tertiary/aromatic N) is 2. The molecule has 0 aliphatic heterocycles. The number of rotatable bonds is 13. The Kier molecular flexibility index (Phi) is 10.7. The van der Waals surface area contributed by atoms with E-state index in [4.69, 9.17) is 16.0 Å². The average Bonchev–Trinajstić information content (AvgIpc) is 2.91. The largest absolute Gasteiger partial charge is 0.425 e. The Morgan fingerprint density at radius 1 is 0.750 bits per heavy atom. The van der Waals surface area contributed by atoms with Gasteiger partial charge in [-0.05, 0) is 12.8 Å². The fraction of sp³-hybridized carbons (Fsp3) is 0.875. The van der Waals surface area contributed by atoms with Crippen LogP contribution in [0.15, 0.2) is 4.42 Å². The lowest BCUT2D eigenvalue weighted by Crippen LogP contribution is -1.87. The van der Waals surface area contributed by atoms with Crippen molar-refractivity contribution in [1.29, 1.82) is 0 Å². The lowest BCUT2D eigenvalue weighted by molar-refractivity contribution is 0.437. The monoisotopic (exact) mass is 300 g/mol. The molecular formula is C16H29ClN2O. The van der Waals surface area contributed by atoms with Gasteiger partial charge in [-0.15, -0.1) is 21.8 Å². The molecule has 0 aromatic carbocycles. The van der Waals surface area contributed by atoms with Gasteiger partial charge in [0, 0.05) is 18.7 Å².